The third-order valence-electron chi connectivity index (χ3n) is 1.86. The second kappa shape index (κ2) is 6.15. The molecule has 0 aliphatic carbocycles. The molecule has 0 amide bonds. The Kier molecular flexibility index (Phi) is 5.14. The maximum atomic E-state index is 12.0. The lowest BCUT2D eigenvalue weighted by Gasteiger charge is -2.16. The first-order chi connectivity index (χ1) is 7.13. The molecular formula is C10H12BrF2NO. The van der Waals surface area contributed by atoms with Crippen LogP contribution in [0.4, 0.5) is 8.78 Å². The lowest BCUT2D eigenvalue weighted by atomic mass is 10.1. The Morgan fingerprint density at radius 2 is 2.13 bits per heavy atom. The summed E-state index contributed by atoms with van der Waals surface area (Å²) in [5.74, 6) is 0. The first-order valence-electron chi connectivity index (χ1n) is 4.48. The summed E-state index contributed by atoms with van der Waals surface area (Å²) in [5.41, 5.74) is 6.25. The van der Waals surface area contributed by atoms with Gasteiger partial charge in [0.1, 0.15) is 6.61 Å². The summed E-state index contributed by atoms with van der Waals surface area (Å²) >= 11 is 3.30. The monoisotopic (exact) mass is 279 g/mol. The highest BCUT2D eigenvalue weighted by Crippen LogP contribution is 2.20. The van der Waals surface area contributed by atoms with Crippen molar-refractivity contribution in [2.24, 2.45) is 5.73 Å². The minimum absolute atomic E-state index is 0.184. The zero-order chi connectivity index (χ0) is 11.3. The molecule has 5 heteroatoms. The molecule has 1 unspecified atom stereocenters. The minimum Gasteiger partial charge on any atom is -0.366 e. The first kappa shape index (κ1) is 12.5. The molecule has 1 aromatic carbocycles. The van der Waals surface area contributed by atoms with Crippen LogP contribution in [0.2, 0.25) is 0 Å². The summed E-state index contributed by atoms with van der Waals surface area (Å²) in [5, 5.41) is 0. The highest BCUT2D eigenvalue weighted by Gasteiger charge is 2.13. The normalized spacial score (nSPS) is 13.1. The predicted molar refractivity (Wildman–Crippen MR) is 57.9 cm³/mol. The number of ether oxygens (including phenoxy) is 1. The summed E-state index contributed by atoms with van der Waals surface area (Å²) < 4.78 is 29.8. The summed E-state index contributed by atoms with van der Waals surface area (Å²) in [6, 6.07) is 7.27. The smallest absolute Gasteiger partial charge is 0.261 e. The summed E-state index contributed by atoms with van der Waals surface area (Å²) in [7, 11) is 0. The van der Waals surface area contributed by atoms with Crippen LogP contribution in [0.5, 0.6) is 0 Å². The van der Waals surface area contributed by atoms with Gasteiger partial charge in [0.05, 0.1) is 6.10 Å². The van der Waals surface area contributed by atoms with Gasteiger partial charge in [0.2, 0.25) is 0 Å². The van der Waals surface area contributed by atoms with Gasteiger partial charge in [-0.3, -0.25) is 0 Å². The molecule has 84 valence electrons. The Balaban J connectivity index is 2.65. The van der Waals surface area contributed by atoms with E-state index in [1.54, 1.807) is 6.07 Å². The van der Waals surface area contributed by atoms with E-state index in [1.807, 2.05) is 18.2 Å². The number of halogens is 3. The van der Waals surface area contributed by atoms with E-state index in [9.17, 15) is 8.78 Å². The van der Waals surface area contributed by atoms with Crippen LogP contribution in [-0.2, 0) is 4.74 Å². The maximum absolute atomic E-state index is 12.0. The molecule has 0 radical (unpaired) electrons. The number of hydrogen-bond acceptors (Lipinski definition) is 2. The third kappa shape index (κ3) is 4.24. The topological polar surface area (TPSA) is 35.2 Å². The van der Waals surface area contributed by atoms with Gasteiger partial charge in [0.25, 0.3) is 6.43 Å². The van der Waals surface area contributed by atoms with E-state index < -0.39 is 19.1 Å². The molecule has 1 rings (SSSR count). The molecule has 0 aliphatic heterocycles. The molecule has 1 aromatic rings. The second-order valence-corrected chi connectivity index (χ2v) is 3.92. The van der Waals surface area contributed by atoms with Crippen molar-refractivity contribution in [2.45, 2.75) is 12.5 Å². The van der Waals surface area contributed by atoms with Gasteiger partial charge in [0.15, 0.2) is 0 Å². The predicted octanol–water partition coefficient (Wildman–Crippen LogP) is 2.73. The molecule has 2 nitrogen and oxygen atoms in total. The van der Waals surface area contributed by atoms with Crippen molar-refractivity contribution in [3.8, 4) is 0 Å². The Morgan fingerprint density at radius 1 is 1.40 bits per heavy atom. The van der Waals surface area contributed by atoms with Crippen LogP contribution in [-0.4, -0.2) is 19.6 Å². The Bertz CT molecular complexity index is 309. The standard InChI is InChI=1S/C10H12BrF2NO/c11-8-3-1-2-7(4-8)9(5-14)15-6-10(12)13/h1-4,9-10H,5-6,14H2. The number of benzene rings is 1. The summed E-state index contributed by atoms with van der Waals surface area (Å²) in [6.07, 6.45) is -2.94. The van der Waals surface area contributed by atoms with Crippen LogP contribution < -0.4 is 5.73 Å². The lowest BCUT2D eigenvalue weighted by Crippen LogP contribution is -2.18. The molecule has 0 saturated carbocycles. The zero-order valence-corrected chi connectivity index (χ0v) is 9.58. The summed E-state index contributed by atoms with van der Waals surface area (Å²) in [4.78, 5) is 0. The second-order valence-electron chi connectivity index (χ2n) is 3.00. The number of alkyl halides is 2. The van der Waals surface area contributed by atoms with Crippen molar-refractivity contribution in [3.63, 3.8) is 0 Å². The van der Waals surface area contributed by atoms with Gasteiger partial charge >= 0.3 is 0 Å². The van der Waals surface area contributed by atoms with Crippen LogP contribution in [0.3, 0.4) is 0 Å². The van der Waals surface area contributed by atoms with Gasteiger partial charge in [0, 0.05) is 11.0 Å². The van der Waals surface area contributed by atoms with Crippen molar-refractivity contribution >= 4 is 15.9 Å². The molecule has 0 fully saturated rings. The fraction of sp³-hybridized carbons (Fsp3) is 0.400. The van der Waals surface area contributed by atoms with Crippen molar-refractivity contribution in [2.75, 3.05) is 13.2 Å². The van der Waals surface area contributed by atoms with Crippen LogP contribution >= 0.6 is 15.9 Å². The van der Waals surface area contributed by atoms with Crippen LogP contribution in [0, 0.1) is 0 Å². The molecule has 2 N–H and O–H groups in total. The minimum atomic E-state index is -2.47. The Labute approximate surface area is 95.5 Å². The van der Waals surface area contributed by atoms with E-state index in [2.05, 4.69) is 15.9 Å². The third-order valence-corrected chi connectivity index (χ3v) is 2.35. The van der Waals surface area contributed by atoms with Gasteiger partial charge < -0.3 is 10.5 Å². The van der Waals surface area contributed by atoms with Crippen molar-refractivity contribution in [1.29, 1.82) is 0 Å². The van der Waals surface area contributed by atoms with E-state index in [4.69, 9.17) is 10.5 Å². The molecule has 0 heterocycles. The van der Waals surface area contributed by atoms with E-state index in [-0.39, 0.29) is 6.54 Å². The molecule has 0 spiro atoms. The zero-order valence-electron chi connectivity index (χ0n) is 8.00. The fourth-order valence-electron chi connectivity index (χ4n) is 1.20. The molecule has 0 saturated heterocycles. The number of hydrogen-bond donors (Lipinski definition) is 1. The molecule has 0 bridgehead atoms. The largest absolute Gasteiger partial charge is 0.366 e. The van der Waals surface area contributed by atoms with E-state index in [0.29, 0.717) is 0 Å². The van der Waals surface area contributed by atoms with E-state index >= 15 is 0 Å². The van der Waals surface area contributed by atoms with Crippen molar-refractivity contribution in [1.82, 2.24) is 0 Å². The van der Waals surface area contributed by atoms with Crippen LogP contribution in [0.15, 0.2) is 28.7 Å². The number of nitrogens with two attached hydrogens (primary N) is 1. The average molecular weight is 280 g/mol. The van der Waals surface area contributed by atoms with Gasteiger partial charge in [-0.15, -0.1) is 0 Å². The van der Waals surface area contributed by atoms with Crippen molar-refractivity contribution in [3.05, 3.63) is 34.3 Å². The fourth-order valence-corrected chi connectivity index (χ4v) is 1.61. The van der Waals surface area contributed by atoms with Gasteiger partial charge in [-0.1, -0.05) is 28.1 Å². The van der Waals surface area contributed by atoms with Gasteiger partial charge in [-0.05, 0) is 17.7 Å². The first-order valence-corrected chi connectivity index (χ1v) is 5.28. The SMILES string of the molecule is NCC(OCC(F)F)c1cccc(Br)c1. The maximum Gasteiger partial charge on any atom is 0.261 e. The highest BCUT2D eigenvalue weighted by atomic mass is 79.9. The van der Waals surface area contributed by atoms with Crippen molar-refractivity contribution < 1.29 is 13.5 Å². The number of rotatable bonds is 5. The quantitative estimate of drug-likeness (QED) is 0.900. The molecule has 1 atom stereocenters. The average Bonchev–Trinajstić information content (AvgIpc) is 2.18. The molecular weight excluding hydrogens is 268 g/mol. The van der Waals surface area contributed by atoms with Gasteiger partial charge in [-0.2, -0.15) is 0 Å². The Hall–Kier alpha value is -0.520. The van der Waals surface area contributed by atoms with Gasteiger partial charge in [-0.25, -0.2) is 8.78 Å². The van der Waals surface area contributed by atoms with Crippen LogP contribution in [0.25, 0.3) is 0 Å². The molecule has 0 aliphatic rings. The lowest BCUT2D eigenvalue weighted by molar-refractivity contribution is -0.0217. The van der Waals surface area contributed by atoms with E-state index in [0.717, 1.165) is 10.0 Å². The molecule has 0 aromatic heterocycles. The Morgan fingerprint density at radius 3 is 2.67 bits per heavy atom. The van der Waals surface area contributed by atoms with Crippen LogP contribution in [0.1, 0.15) is 11.7 Å². The molecule has 15 heavy (non-hydrogen) atoms. The summed E-state index contributed by atoms with van der Waals surface area (Å²) in [6.45, 7) is -0.405. The highest BCUT2D eigenvalue weighted by molar-refractivity contribution is 9.10. The van der Waals surface area contributed by atoms with E-state index in [1.165, 1.54) is 0 Å².